The third-order valence-corrected chi connectivity index (χ3v) is 11.0. The number of benzene rings is 2. The molecule has 0 saturated carbocycles. The van der Waals surface area contributed by atoms with Crippen LogP contribution in [0.5, 0.6) is 5.88 Å². The molecular formula is C45H39FN8O2. The van der Waals surface area contributed by atoms with Gasteiger partial charge in [-0.3, -0.25) is 0 Å². The number of hydrogen-bond donors (Lipinski definition) is 0. The van der Waals surface area contributed by atoms with E-state index in [1.54, 1.807) is 12.3 Å². The quantitative estimate of drug-likeness (QED) is 0.156. The number of halogens is 1. The molecule has 0 spiro atoms. The van der Waals surface area contributed by atoms with Crippen LogP contribution in [-0.2, 0) is 17.6 Å². The molecule has 0 aliphatic carbocycles. The molecule has 9 heterocycles. The minimum Gasteiger partial charge on any atom is -0.472 e. The summed E-state index contributed by atoms with van der Waals surface area (Å²) >= 11 is 0. The molecule has 1 unspecified atom stereocenters. The number of pyridine rings is 4. The molecule has 0 bridgehead atoms. The van der Waals surface area contributed by atoms with E-state index in [0.29, 0.717) is 12.5 Å². The topological polar surface area (TPSA) is 106 Å². The van der Waals surface area contributed by atoms with Crippen molar-refractivity contribution in [1.82, 2.24) is 39.0 Å². The predicted molar refractivity (Wildman–Crippen MR) is 212 cm³/mol. The monoisotopic (exact) mass is 742 g/mol. The Kier molecular flexibility index (Phi) is 8.99. The molecule has 11 rings (SSSR count). The van der Waals surface area contributed by atoms with E-state index in [0.717, 1.165) is 102 Å². The SMILES string of the molecule is Fc1cc(-c2ccc3nc4n(c3n2)[C@@H](c2ccccc2)CC4)ccn1.c1ccc([C@H]2CCc3nc4ccc(-c5ccnc(OC6CCCOC6)c5)nc4n32)cc1. The molecule has 0 amide bonds. The van der Waals surface area contributed by atoms with Gasteiger partial charge in [-0.2, -0.15) is 4.39 Å². The number of aromatic nitrogens is 8. The van der Waals surface area contributed by atoms with Gasteiger partial charge >= 0.3 is 0 Å². The van der Waals surface area contributed by atoms with E-state index in [-0.39, 0.29) is 18.2 Å². The predicted octanol–water partition coefficient (Wildman–Crippen LogP) is 8.75. The van der Waals surface area contributed by atoms with Crippen molar-refractivity contribution in [3.05, 3.63) is 150 Å². The van der Waals surface area contributed by atoms with Crippen molar-refractivity contribution in [2.24, 2.45) is 0 Å². The van der Waals surface area contributed by atoms with Crippen LogP contribution in [0.4, 0.5) is 4.39 Å². The maximum Gasteiger partial charge on any atom is 0.214 e. The number of aryl methyl sites for hydroxylation is 2. The van der Waals surface area contributed by atoms with Crippen molar-refractivity contribution in [2.75, 3.05) is 13.2 Å². The molecule has 8 aromatic rings. The minimum atomic E-state index is -0.500. The highest BCUT2D eigenvalue weighted by molar-refractivity contribution is 5.78. The van der Waals surface area contributed by atoms with Gasteiger partial charge in [0.2, 0.25) is 11.8 Å². The van der Waals surface area contributed by atoms with Crippen LogP contribution in [0.25, 0.3) is 44.8 Å². The zero-order valence-corrected chi connectivity index (χ0v) is 30.7. The van der Waals surface area contributed by atoms with E-state index in [4.69, 9.17) is 29.4 Å². The first-order valence-corrected chi connectivity index (χ1v) is 19.3. The minimum absolute atomic E-state index is 0.0664. The van der Waals surface area contributed by atoms with Crippen molar-refractivity contribution in [1.29, 1.82) is 0 Å². The number of rotatable bonds is 6. The van der Waals surface area contributed by atoms with Crippen LogP contribution in [0.2, 0.25) is 0 Å². The van der Waals surface area contributed by atoms with Crippen LogP contribution in [0.1, 0.15) is 60.5 Å². The normalized spacial score (nSPS) is 18.7. The Balaban J connectivity index is 0.000000140. The summed E-state index contributed by atoms with van der Waals surface area (Å²) < 4.78 is 29.6. The van der Waals surface area contributed by atoms with Crippen molar-refractivity contribution in [3.63, 3.8) is 0 Å². The Hall–Kier alpha value is -6.33. The van der Waals surface area contributed by atoms with Crippen molar-refractivity contribution < 1.29 is 13.9 Å². The molecule has 3 aliphatic heterocycles. The van der Waals surface area contributed by atoms with E-state index in [9.17, 15) is 4.39 Å². The van der Waals surface area contributed by atoms with Crippen LogP contribution in [0.3, 0.4) is 0 Å². The molecule has 278 valence electrons. The summed E-state index contributed by atoms with van der Waals surface area (Å²) in [5.41, 5.74) is 9.56. The molecule has 6 aromatic heterocycles. The van der Waals surface area contributed by atoms with E-state index in [1.165, 1.54) is 23.4 Å². The van der Waals surface area contributed by atoms with Crippen molar-refractivity contribution >= 4 is 22.3 Å². The Morgan fingerprint density at radius 2 is 1.18 bits per heavy atom. The fourth-order valence-corrected chi connectivity index (χ4v) is 8.31. The lowest BCUT2D eigenvalue weighted by atomic mass is 10.0. The Bertz CT molecular complexity index is 2660. The first-order valence-electron chi connectivity index (χ1n) is 19.3. The molecule has 0 N–H and O–H groups in total. The second kappa shape index (κ2) is 14.7. The van der Waals surface area contributed by atoms with Gasteiger partial charge in [-0.1, -0.05) is 60.7 Å². The third-order valence-electron chi connectivity index (χ3n) is 11.0. The fraction of sp³-hybridized carbons (Fsp3) is 0.244. The fourth-order valence-electron chi connectivity index (χ4n) is 8.31. The first-order chi connectivity index (χ1) is 27.6. The van der Waals surface area contributed by atoms with Crippen LogP contribution in [-0.4, -0.2) is 58.4 Å². The zero-order chi connectivity index (χ0) is 37.4. The summed E-state index contributed by atoms with van der Waals surface area (Å²) in [6, 6.07) is 36.7. The molecule has 10 nitrogen and oxygen atoms in total. The van der Waals surface area contributed by atoms with Gasteiger partial charge in [-0.05, 0) is 73.2 Å². The molecule has 56 heavy (non-hydrogen) atoms. The van der Waals surface area contributed by atoms with Crippen LogP contribution < -0.4 is 4.74 Å². The maximum atomic E-state index is 13.5. The second-order valence-electron chi connectivity index (χ2n) is 14.5. The van der Waals surface area contributed by atoms with Crippen LogP contribution in [0, 0.1) is 5.95 Å². The van der Waals surface area contributed by atoms with Gasteiger partial charge in [0.15, 0.2) is 11.3 Å². The average molecular weight is 743 g/mol. The summed E-state index contributed by atoms with van der Waals surface area (Å²) in [6.45, 7) is 1.44. The van der Waals surface area contributed by atoms with Crippen molar-refractivity contribution in [3.8, 4) is 28.4 Å². The summed E-state index contributed by atoms with van der Waals surface area (Å²) in [7, 11) is 0. The number of nitrogens with zero attached hydrogens (tertiary/aromatic N) is 8. The zero-order valence-electron chi connectivity index (χ0n) is 30.7. The molecule has 3 atom stereocenters. The van der Waals surface area contributed by atoms with Gasteiger partial charge in [-0.25, -0.2) is 29.9 Å². The average Bonchev–Trinajstić information content (AvgIpc) is 4.03. The molecule has 11 heteroatoms. The largest absolute Gasteiger partial charge is 0.472 e. The maximum absolute atomic E-state index is 13.5. The number of ether oxygens (including phenoxy) is 2. The van der Waals surface area contributed by atoms with E-state index < -0.39 is 5.95 Å². The van der Waals surface area contributed by atoms with Gasteiger partial charge in [0.1, 0.15) is 28.8 Å². The Labute approximate surface area is 323 Å². The number of hydrogen-bond acceptors (Lipinski definition) is 8. The molecule has 1 fully saturated rings. The molecule has 2 aromatic carbocycles. The van der Waals surface area contributed by atoms with E-state index in [2.05, 4.69) is 79.8 Å². The number of imidazole rings is 2. The third kappa shape index (κ3) is 6.57. The highest BCUT2D eigenvalue weighted by atomic mass is 19.1. The summed E-state index contributed by atoms with van der Waals surface area (Å²) in [5.74, 6) is 2.30. The lowest BCUT2D eigenvalue weighted by Crippen LogP contribution is -2.28. The van der Waals surface area contributed by atoms with E-state index in [1.807, 2.05) is 36.4 Å². The highest BCUT2D eigenvalue weighted by Gasteiger charge is 2.29. The Morgan fingerprint density at radius 1 is 0.607 bits per heavy atom. The summed E-state index contributed by atoms with van der Waals surface area (Å²) in [5, 5.41) is 0. The first kappa shape index (κ1) is 34.2. The van der Waals surface area contributed by atoms with E-state index >= 15 is 0 Å². The number of fused-ring (bicyclic) bond motifs is 6. The van der Waals surface area contributed by atoms with Crippen LogP contribution in [0.15, 0.2) is 122 Å². The van der Waals surface area contributed by atoms with Gasteiger partial charge in [0, 0.05) is 55.1 Å². The van der Waals surface area contributed by atoms with Gasteiger partial charge in [0.25, 0.3) is 0 Å². The van der Waals surface area contributed by atoms with Gasteiger partial charge < -0.3 is 18.6 Å². The van der Waals surface area contributed by atoms with Crippen LogP contribution >= 0.6 is 0 Å². The standard InChI is InChI=1S/C25H24N4O2.C20H15FN4/c1-2-5-17(6-3-1)22-10-11-23-27-21-9-8-20(28-25(21)29(22)23)18-12-13-26-24(15-18)31-19-7-4-14-30-16-19;21-18-12-14(10-11-22-18)15-6-7-16-20(24-15)25-17(8-9-19(25)23-16)13-4-2-1-3-5-13/h1-3,5-6,8-9,12-13,15,19,22H,4,7,10-11,14,16H2;1-7,10-12,17H,8-9H2/t19?,22-;17-/m11/s1. The molecule has 1 saturated heterocycles. The molecular weight excluding hydrogens is 704 g/mol. The molecule has 3 aliphatic rings. The van der Waals surface area contributed by atoms with Crippen molar-refractivity contribution in [2.45, 2.75) is 56.7 Å². The highest BCUT2D eigenvalue weighted by Crippen LogP contribution is 2.37. The Morgan fingerprint density at radius 3 is 1.73 bits per heavy atom. The van der Waals surface area contributed by atoms with Gasteiger partial charge in [0.05, 0.1) is 30.1 Å². The van der Waals surface area contributed by atoms with Gasteiger partial charge in [-0.15, -0.1) is 0 Å². The summed E-state index contributed by atoms with van der Waals surface area (Å²) in [4.78, 5) is 27.4. The second-order valence-corrected chi connectivity index (χ2v) is 14.5. The lowest BCUT2D eigenvalue weighted by molar-refractivity contribution is 0.00552. The molecule has 0 radical (unpaired) electrons. The lowest BCUT2D eigenvalue weighted by Gasteiger charge is -2.22. The summed E-state index contributed by atoms with van der Waals surface area (Å²) in [6.07, 6.45) is 9.34. The smallest absolute Gasteiger partial charge is 0.214 e.